The summed E-state index contributed by atoms with van der Waals surface area (Å²) < 4.78 is 0. The molecule has 0 unspecified atom stereocenters. The standard InChI is InChI=1S/C10H16N2O3S.C9H18O2/c13-8(14)4-2-1-3-7-9-6(5-16-7)11-10(15)12-9;1-2-3-4-5-6-7-8-9(10)11/h6-7,9H,1-5H2,(H,13,14)(H2,11,12,15);2-8H2,1H3,(H,10,11)/t6-,7-,9-;/m0./s1. The van der Waals surface area contributed by atoms with Gasteiger partial charge in [-0.25, -0.2) is 4.79 Å². The number of aliphatic carboxylic acids is 2. The Morgan fingerprint density at radius 2 is 1.56 bits per heavy atom. The molecule has 2 heterocycles. The SMILES string of the molecule is CCCCCCCCC(=O)O.O=C(O)CCCC[C@@H]1SC[C@@H]2NC(=O)N[C@@H]21. The summed E-state index contributed by atoms with van der Waals surface area (Å²) in [4.78, 5) is 31.5. The number of nitrogens with one attached hydrogen (secondary N) is 2. The number of carboxylic acid groups (broad SMARTS) is 2. The second-order valence-electron chi connectivity index (χ2n) is 7.17. The van der Waals surface area contributed by atoms with Gasteiger partial charge in [0.2, 0.25) is 0 Å². The molecule has 2 aliphatic rings. The Labute approximate surface area is 166 Å². The highest BCUT2D eigenvalue weighted by atomic mass is 32.2. The summed E-state index contributed by atoms with van der Waals surface area (Å²) in [6.45, 7) is 2.18. The Hall–Kier alpha value is -1.44. The van der Waals surface area contributed by atoms with E-state index >= 15 is 0 Å². The van der Waals surface area contributed by atoms with Gasteiger partial charge in [0.25, 0.3) is 0 Å². The molecule has 0 aliphatic carbocycles. The lowest BCUT2D eigenvalue weighted by Gasteiger charge is -2.16. The minimum atomic E-state index is -0.729. The highest BCUT2D eigenvalue weighted by Gasteiger charge is 2.42. The zero-order valence-corrected chi connectivity index (χ0v) is 17.1. The summed E-state index contributed by atoms with van der Waals surface area (Å²) in [6.07, 6.45) is 10.1. The van der Waals surface area contributed by atoms with Crippen LogP contribution in [-0.2, 0) is 9.59 Å². The lowest BCUT2D eigenvalue weighted by atomic mass is 10.0. The molecule has 2 aliphatic heterocycles. The van der Waals surface area contributed by atoms with Crippen LogP contribution in [0.3, 0.4) is 0 Å². The molecule has 8 heteroatoms. The molecule has 0 aromatic carbocycles. The number of unbranched alkanes of at least 4 members (excludes halogenated alkanes) is 6. The van der Waals surface area contributed by atoms with Crippen LogP contribution in [0.15, 0.2) is 0 Å². The van der Waals surface area contributed by atoms with Gasteiger partial charge in [-0.3, -0.25) is 9.59 Å². The van der Waals surface area contributed by atoms with Crippen molar-refractivity contribution in [3.05, 3.63) is 0 Å². The molecule has 0 bridgehead atoms. The Balaban J connectivity index is 0.000000293. The van der Waals surface area contributed by atoms with E-state index in [2.05, 4.69) is 17.6 Å². The average Bonchev–Trinajstić information content (AvgIpc) is 3.14. The van der Waals surface area contributed by atoms with Crippen molar-refractivity contribution in [3.8, 4) is 0 Å². The molecule has 2 saturated heterocycles. The Morgan fingerprint density at radius 3 is 2.19 bits per heavy atom. The largest absolute Gasteiger partial charge is 0.481 e. The van der Waals surface area contributed by atoms with E-state index in [0.29, 0.717) is 11.7 Å². The number of hydrogen-bond donors (Lipinski definition) is 4. The van der Waals surface area contributed by atoms with Crippen LogP contribution >= 0.6 is 11.8 Å². The fourth-order valence-electron chi connectivity index (χ4n) is 3.32. The molecule has 156 valence electrons. The van der Waals surface area contributed by atoms with Crippen molar-refractivity contribution in [2.24, 2.45) is 0 Å². The molecule has 27 heavy (non-hydrogen) atoms. The van der Waals surface area contributed by atoms with E-state index in [1.165, 1.54) is 25.7 Å². The van der Waals surface area contributed by atoms with Gasteiger partial charge >= 0.3 is 18.0 Å². The molecular weight excluding hydrogens is 368 g/mol. The van der Waals surface area contributed by atoms with Crippen molar-refractivity contribution in [3.63, 3.8) is 0 Å². The monoisotopic (exact) mass is 402 g/mol. The van der Waals surface area contributed by atoms with E-state index in [9.17, 15) is 14.4 Å². The van der Waals surface area contributed by atoms with Crippen molar-refractivity contribution < 1.29 is 24.6 Å². The molecule has 0 saturated carbocycles. The molecule has 3 atom stereocenters. The highest BCUT2D eigenvalue weighted by molar-refractivity contribution is 8.00. The number of carbonyl (C=O) groups excluding carboxylic acids is 1. The number of hydrogen-bond acceptors (Lipinski definition) is 4. The fraction of sp³-hybridized carbons (Fsp3) is 0.842. The maximum atomic E-state index is 11.1. The minimum Gasteiger partial charge on any atom is -0.481 e. The molecule has 4 N–H and O–H groups in total. The van der Waals surface area contributed by atoms with Gasteiger partial charge in [0, 0.05) is 23.8 Å². The topological polar surface area (TPSA) is 116 Å². The van der Waals surface area contributed by atoms with Gasteiger partial charge in [-0.05, 0) is 19.3 Å². The number of urea groups is 1. The van der Waals surface area contributed by atoms with E-state index in [1.807, 2.05) is 11.8 Å². The zero-order chi connectivity index (χ0) is 20.1. The molecule has 0 aromatic heterocycles. The molecule has 2 fully saturated rings. The second kappa shape index (κ2) is 13.7. The van der Waals surface area contributed by atoms with E-state index in [-0.39, 0.29) is 24.5 Å². The maximum absolute atomic E-state index is 11.1. The Kier molecular flexibility index (Phi) is 12.0. The zero-order valence-electron chi connectivity index (χ0n) is 16.2. The predicted molar refractivity (Wildman–Crippen MR) is 107 cm³/mol. The van der Waals surface area contributed by atoms with Crippen LogP contribution in [0, 0.1) is 0 Å². The first-order valence-electron chi connectivity index (χ1n) is 10.1. The van der Waals surface area contributed by atoms with Crippen LogP contribution in [0.4, 0.5) is 4.79 Å². The van der Waals surface area contributed by atoms with E-state index in [1.54, 1.807) is 0 Å². The number of thioether (sulfide) groups is 1. The highest BCUT2D eigenvalue weighted by Crippen LogP contribution is 2.33. The first kappa shape index (κ1) is 23.6. The second-order valence-corrected chi connectivity index (χ2v) is 8.45. The van der Waals surface area contributed by atoms with Crippen LogP contribution in [0.2, 0.25) is 0 Å². The summed E-state index contributed by atoms with van der Waals surface area (Å²) in [5, 5.41) is 23.1. The molecule has 0 radical (unpaired) electrons. The molecule has 7 nitrogen and oxygen atoms in total. The first-order valence-corrected chi connectivity index (χ1v) is 11.1. The van der Waals surface area contributed by atoms with Gasteiger partial charge in [0.1, 0.15) is 0 Å². The molecule has 0 spiro atoms. The molecule has 2 rings (SSSR count). The van der Waals surface area contributed by atoms with Gasteiger partial charge in [-0.1, -0.05) is 45.4 Å². The Bertz CT molecular complexity index is 475. The predicted octanol–water partition coefficient (Wildman–Crippen LogP) is 3.62. The third-order valence-corrected chi connectivity index (χ3v) is 6.32. The summed E-state index contributed by atoms with van der Waals surface area (Å²) in [5.41, 5.74) is 0. The van der Waals surface area contributed by atoms with Crippen LogP contribution < -0.4 is 10.6 Å². The van der Waals surface area contributed by atoms with Gasteiger partial charge in [0.05, 0.1) is 12.1 Å². The fourth-order valence-corrected chi connectivity index (χ4v) is 4.86. The number of carbonyl (C=O) groups is 3. The van der Waals surface area contributed by atoms with Crippen molar-refractivity contribution in [2.45, 2.75) is 94.9 Å². The van der Waals surface area contributed by atoms with Crippen molar-refractivity contribution in [1.82, 2.24) is 10.6 Å². The summed E-state index contributed by atoms with van der Waals surface area (Å²) >= 11 is 1.87. The third-order valence-electron chi connectivity index (χ3n) is 4.81. The molecular formula is C19H34N2O5S. The van der Waals surface area contributed by atoms with E-state index in [4.69, 9.17) is 10.2 Å². The third kappa shape index (κ3) is 10.5. The summed E-state index contributed by atoms with van der Waals surface area (Å²) in [7, 11) is 0. The summed E-state index contributed by atoms with van der Waals surface area (Å²) in [6, 6.07) is 0.440. The van der Waals surface area contributed by atoms with E-state index < -0.39 is 11.9 Å². The lowest BCUT2D eigenvalue weighted by Crippen LogP contribution is -2.36. The smallest absolute Gasteiger partial charge is 0.315 e. The number of carboxylic acids is 2. The van der Waals surface area contributed by atoms with Crippen LogP contribution in [-0.4, -0.2) is 51.3 Å². The number of fused-ring (bicyclic) bond motifs is 1. The van der Waals surface area contributed by atoms with E-state index in [0.717, 1.165) is 37.9 Å². The normalized spacial score (nSPS) is 23.0. The minimum absolute atomic E-state index is 0.0640. The van der Waals surface area contributed by atoms with Gasteiger partial charge in [-0.2, -0.15) is 11.8 Å². The van der Waals surface area contributed by atoms with Gasteiger partial charge in [0.15, 0.2) is 0 Å². The lowest BCUT2D eigenvalue weighted by molar-refractivity contribution is -0.138. The van der Waals surface area contributed by atoms with Gasteiger partial charge in [-0.15, -0.1) is 0 Å². The molecule has 0 aromatic rings. The number of amides is 2. The molecule has 2 amide bonds. The van der Waals surface area contributed by atoms with Crippen LogP contribution in [0.25, 0.3) is 0 Å². The number of rotatable bonds is 12. The van der Waals surface area contributed by atoms with Crippen LogP contribution in [0.1, 0.15) is 77.6 Å². The van der Waals surface area contributed by atoms with Crippen LogP contribution in [0.5, 0.6) is 0 Å². The maximum Gasteiger partial charge on any atom is 0.315 e. The van der Waals surface area contributed by atoms with Gasteiger partial charge < -0.3 is 20.8 Å². The van der Waals surface area contributed by atoms with Crippen molar-refractivity contribution >= 4 is 29.7 Å². The Morgan fingerprint density at radius 1 is 0.963 bits per heavy atom. The average molecular weight is 403 g/mol. The first-order chi connectivity index (χ1) is 12.9. The van der Waals surface area contributed by atoms with Crippen molar-refractivity contribution in [2.75, 3.05) is 5.75 Å². The summed E-state index contributed by atoms with van der Waals surface area (Å²) in [5.74, 6) is -0.430. The van der Waals surface area contributed by atoms with Crippen molar-refractivity contribution in [1.29, 1.82) is 0 Å². The quantitative estimate of drug-likeness (QED) is 0.293.